The monoisotopic (exact) mass is 280 g/mol. The average molecular weight is 281 g/mol. The van der Waals surface area contributed by atoms with E-state index < -0.39 is 0 Å². The lowest BCUT2D eigenvalue weighted by Crippen LogP contribution is -2.14. The molecule has 2 nitrogen and oxygen atoms in total. The molecule has 0 amide bonds. The molecule has 3 heteroatoms. The summed E-state index contributed by atoms with van der Waals surface area (Å²) in [6, 6.07) is 6.25. The van der Waals surface area contributed by atoms with Gasteiger partial charge in [-0.2, -0.15) is 0 Å². The minimum atomic E-state index is 0.432. The zero-order chi connectivity index (χ0) is 11.7. The molecule has 1 atom stereocenters. The highest BCUT2D eigenvalue weighted by molar-refractivity contribution is 9.10. The van der Waals surface area contributed by atoms with Gasteiger partial charge in [0.25, 0.3) is 0 Å². The number of nitrogens with two attached hydrogens (primary N) is 1. The van der Waals surface area contributed by atoms with Crippen molar-refractivity contribution in [2.24, 2.45) is 5.73 Å². The molecular weight excluding hydrogens is 264 g/mol. The number of pyridine rings is 1. The smallest absolute Gasteiger partial charge is 0.0597 e. The Morgan fingerprint density at radius 2 is 2.19 bits per heavy atom. The molecule has 2 aromatic heterocycles. The molecule has 0 spiro atoms. The summed E-state index contributed by atoms with van der Waals surface area (Å²) < 4.78 is 3.44. The third kappa shape index (κ3) is 1.68. The highest BCUT2D eigenvalue weighted by Gasteiger charge is 2.18. The van der Waals surface area contributed by atoms with Gasteiger partial charge >= 0.3 is 0 Å². The van der Waals surface area contributed by atoms with Crippen molar-refractivity contribution in [3.05, 3.63) is 40.1 Å². The van der Waals surface area contributed by atoms with Gasteiger partial charge in [-0.25, -0.2) is 0 Å². The highest BCUT2D eigenvalue weighted by atomic mass is 79.9. The largest absolute Gasteiger partial charge is 0.330 e. The Morgan fingerprint density at radius 1 is 1.44 bits per heavy atom. The number of hydrogen-bond donors (Lipinski definition) is 1. The van der Waals surface area contributed by atoms with Gasteiger partial charge in [-0.15, -0.1) is 0 Å². The van der Waals surface area contributed by atoms with Gasteiger partial charge in [-0.05, 0) is 47.0 Å². The maximum Gasteiger partial charge on any atom is 0.0597 e. The molecule has 2 heterocycles. The molecule has 2 N–H and O–H groups in total. The number of hydrogen-bond acceptors (Lipinski definition) is 1. The van der Waals surface area contributed by atoms with Crippen molar-refractivity contribution in [1.29, 1.82) is 0 Å². The second kappa shape index (κ2) is 4.60. The van der Waals surface area contributed by atoms with Gasteiger partial charge in [-0.1, -0.05) is 13.0 Å². The van der Waals surface area contributed by atoms with Crippen LogP contribution in [0.4, 0.5) is 0 Å². The van der Waals surface area contributed by atoms with Crippen LogP contribution >= 0.6 is 15.9 Å². The van der Waals surface area contributed by atoms with Gasteiger partial charge in [0.2, 0.25) is 0 Å². The fraction of sp³-hybridized carbons (Fsp3) is 0.385. The molecule has 0 fully saturated rings. The first-order valence-corrected chi connectivity index (χ1v) is 6.45. The van der Waals surface area contributed by atoms with E-state index >= 15 is 0 Å². The van der Waals surface area contributed by atoms with Gasteiger partial charge in [0, 0.05) is 28.8 Å². The van der Waals surface area contributed by atoms with E-state index in [1.54, 1.807) is 0 Å². The van der Waals surface area contributed by atoms with Crippen LogP contribution in [0.2, 0.25) is 0 Å². The Hall–Kier alpha value is -0.800. The quantitative estimate of drug-likeness (QED) is 0.917. The number of fused-ring (bicyclic) bond motifs is 1. The number of rotatable bonds is 3. The van der Waals surface area contributed by atoms with Crippen LogP contribution in [0.5, 0.6) is 0 Å². The van der Waals surface area contributed by atoms with Crippen LogP contribution in [-0.4, -0.2) is 10.9 Å². The minimum Gasteiger partial charge on any atom is -0.330 e. The molecule has 0 aromatic carbocycles. The van der Waals surface area contributed by atoms with Crippen LogP contribution in [0.25, 0.3) is 5.52 Å². The normalized spacial score (nSPS) is 13.2. The van der Waals surface area contributed by atoms with Crippen molar-refractivity contribution in [3.8, 4) is 0 Å². The van der Waals surface area contributed by atoms with E-state index in [4.69, 9.17) is 5.73 Å². The number of halogens is 1. The van der Waals surface area contributed by atoms with Crippen molar-refractivity contribution in [2.45, 2.75) is 26.2 Å². The average Bonchev–Trinajstić information content (AvgIpc) is 2.57. The van der Waals surface area contributed by atoms with Crippen molar-refractivity contribution >= 4 is 21.4 Å². The number of aromatic nitrogens is 1. The van der Waals surface area contributed by atoms with Crippen LogP contribution in [-0.2, 0) is 0 Å². The van der Waals surface area contributed by atoms with E-state index in [9.17, 15) is 0 Å². The van der Waals surface area contributed by atoms with E-state index in [1.807, 2.05) is 0 Å². The maximum atomic E-state index is 5.86. The zero-order valence-corrected chi connectivity index (χ0v) is 11.3. The van der Waals surface area contributed by atoms with Gasteiger partial charge < -0.3 is 10.1 Å². The maximum absolute atomic E-state index is 5.86. The second-order valence-corrected chi connectivity index (χ2v) is 4.91. The second-order valence-electron chi connectivity index (χ2n) is 4.12. The van der Waals surface area contributed by atoms with Crippen molar-refractivity contribution in [2.75, 3.05) is 6.54 Å². The van der Waals surface area contributed by atoms with Gasteiger partial charge in [0.1, 0.15) is 0 Å². The Balaban J connectivity index is 2.72. The van der Waals surface area contributed by atoms with E-state index in [2.05, 4.69) is 58.6 Å². The van der Waals surface area contributed by atoms with E-state index in [-0.39, 0.29) is 0 Å². The minimum absolute atomic E-state index is 0.432. The van der Waals surface area contributed by atoms with Crippen LogP contribution in [0.3, 0.4) is 0 Å². The summed E-state index contributed by atoms with van der Waals surface area (Å²) in [5.41, 5.74) is 9.73. The molecule has 0 saturated carbocycles. The van der Waals surface area contributed by atoms with Crippen LogP contribution in [0.15, 0.2) is 28.9 Å². The summed E-state index contributed by atoms with van der Waals surface area (Å²) in [4.78, 5) is 0. The molecule has 0 saturated heterocycles. The van der Waals surface area contributed by atoms with Gasteiger partial charge in [0.15, 0.2) is 0 Å². The molecule has 0 radical (unpaired) electrons. The van der Waals surface area contributed by atoms with Crippen LogP contribution in [0.1, 0.15) is 30.5 Å². The third-order valence-corrected chi connectivity index (χ3v) is 4.22. The molecule has 86 valence electrons. The SMILES string of the molecule is CCC(CN)c1c(C)c(Br)c2ccccn12. The Bertz CT molecular complexity index is 498. The molecule has 2 aromatic rings. The zero-order valence-electron chi connectivity index (χ0n) is 9.70. The third-order valence-electron chi connectivity index (χ3n) is 3.22. The van der Waals surface area contributed by atoms with Gasteiger partial charge in [-0.3, -0.25) is 0 Å². The summed E-state index contributed by atoms with van der Waals surface area (Å²) in [6.45, 7) is 5.04. The Labute approximate surface area is 105 Å². The predicted octanol–water partition coefficient (Wildman–Crippen LogP) is 3.46. The lowest BCUT2D eigenvalue weighted by Gasteiger charge is -2.14. The van der Waals surface area contributed by atoms with Crippen LogP contribution in [0, 0.1) is 6.92 Å². The Morgan fingerprint density at radius 3 is 2.81 bits per heavy atom. The molecule has 2 rings (SSSR count). The van der Waals surface area contributed by atoms with Crippen LogP contribution < -0.4 is 5.73 Å². The molecule has 0 aliphatic rings. The molecule has 16 heavy (non-hydrogen) atoms. The predicted molar refractivity (Wildman–Crippen MR) is 71.9 cm³/mol. The lowest BCUT2D eigenvalue weighted by molar-refractivity contribution is 0.644. The molecule has 1 unspecified atom stereocenters. The summed E-state index contributed by atoms with van der Waals surface area (Å²) >= 11 is 3.67. The molecule has 0 bridgehead atoms. The standard InChI is InChI=1S/C13H17BrN2/c1-3-10(8-15)13-9(2)12(14)11-6-4-5-7-16(11)13/h4-7,10H,3,8,15H2,1-2H3. The molecular formula is C13H17BrN2. The number of nitrogens with zero attached hydrogens (tertiary/aromatic N) is 1. The van der Waals surface area contributed by atoms with E-state index in [1.165, 1.54) is 21.2 Å². The fourth-order valence-corrected chi connectivity index (χ4v) is 2.82. The molecule has 0 aliphatic heterocycles. The highest BCUT2D eigenvalue weighted by Crippen LogP contribution is 2.33. The van der Waals surface area contributed by atoms with Crippen molar-refractivity contribution < 1.29 is 0 Å². The van der Waals surface area contributed by atoms with Gasteiger partial charge in [0.05, 0.1) is 5.52 Å². The summed E-state index contributed by atoms with van der Waals surface area (Å²) in [5.74, 6) is 0.432. The first kappa shape index (κ1) is 11.7. The topological polar surface area (TPSA) is 30.4 Å². The first-order chi connectivity index (χ1) is 7.70. The fourth-order valence-electron chi connectivity index (χ4n) is 2.29. The van der Waals surface area contributed by atoms with Crippen molar-refractivity contribution in [1.82, 2.24) is 4.40 Å². The first-order valence-electron chi connectivity index (χ1n) is 5.65. The Kier molecular flexibility index (Phi) is 3.36. The summed E-state index contributed by atoms with van der Waals surface area (Å²) in [5, 5.41) is 0. The lowest BCUT2D eigenvalue weighted by atomic mass is 10.00. The summed E-state index contributed by atoms with van der Waals surface area (Å²) in [6.07, 6.45) is 3.19. The molecule has 0 aliphatic carbocycles. The van der Waals surface area contributed by atoms with E-state index in [0.29, 0.717) is 12.5 Å². The van der Waals surface area contributed by atoms with E-state index in [0.717, 1.165) is 6.42 Å². The van der Waals surface area contributed by atoms with Crippen molar-refractivity contribution in [3.63, 3.8) is 0 Å². The summed E-state index contributed by atoms with van der Waals surface area (Å²) in [7, 11) is 0.